The van der Waals surface area contributed by atoms with Gasteiger partial charge in [-0.3, -0.25) is 0 Å². The van der Waals surface area contributed by atoms with Crippen molar-refractivity contribution >= 4 is 15.9 Å². The summed E-state index contributed by atoms with van der Waals surface area (Å²) in [5.74, 6) is 1.73. The van der Waals surface area contributed by atoms with Gasteiger partial charge in [-0.15, -0.1) is 0 Å². The average molecular weight is 296 g/mol. The second kappa shape index (κ2) is 5.33. The Morgan fingerprint density at radius 1 is 1.47 bits per heavy atom. The lowest BCUT2D eigenvalue weighted by Crippen LogP contribution is -2.06. The summed E-state index contributed by atoms with van der Waals surface area (Å²) in [6.45, 7) is 0.719. The van der Waals surface area contributed by atoms with Crippen LogP contribution >= 0.6 is 15.9 Å². The molecule has 0 radical (unpaired) electrons. The number of ether oxygens (including phenoxy) is 1. The summed E-state index contributed by atoms with van der Waals surface area (Å²) in [4.78, 5) is 7.56. The predicted molar refractivity (Wildman–Crippen MR) is 71.0 cm³/mol. The molecule has 1 heterocycles. The first kappa shape index (κ1) is 12.1. The fraction of sp³-hybridized carbons (Fsp3) is 0.250. The Kier molecular flexibility index (Phi) is 3.81. The third kappa shape index (κ3) is 2.68. The second-order valence-corrected chi connectivity index (χ2v) is 4.53. The molecule has 0 spiro atoms. The molecule has 0 saturated carbocycles. The number of rotatable bonds is 4. The van der Waals surface area contributed by atoms with Crippen LogP contribution in [0.3, 0.4) is 0 Å². The molecule has 2 aromatic rings. The van der Waals surface area contributed by atoms with E-state index in [0.717, 1.165) is 33.8 Å². The first-order chi connectivity index (χ1) is 8.24. The van der Waals surface area contributed by atoms with Crippen LogP contribution in [0.25, 0.3) is 11.3 Å². The number of hydrogen-bond acceptors (Lipinski definition) is 3. The van der Waals surface area contributed by atoms with Gasteiger partial charge in [0.2, 0.25) is 0 Å². The minimum atomic E-state index is 0.719. The number of imidazole rings is 1. The van der Waals surface area contributed by atoms with Crippen molar-refractivity contribution < 1.29 is 4.74 Å². The van der Waals surface area contributed by atoms with Crippen molar-refractivity contribution in [3.63, 3.8) is 0 Å². The van der Waals surface area contributed by atoms with Crippen molar-refractivity contribution in [1.82, 2.24) is 15.3 Å². The summed E-state index contributed by atoms with van der Waals surface area (Å²) in [5.41, 5.74) is 1.95. The Balaban J connectivity index is 2.40. The lowest BCUT2D eigenvalue weighted by Gasteiger charge is -2.06. The van der Waals surface area contributed by atoms with E-state index < -0.39 is 0 Å². The van der Waals surface area contributed by atoms with Crippen molar-refractivity contribution in [2.75, 3.05) is 14.2 Å². The van der Waals surface area contributed by atoms with E-state index in [1.807, 2.05) is 31.4 Å². The number of hydrogen-bond donors (Lipinski definition) is 2. The maximum atomic E-state index is 5.34. The van der Waals surface area contributed by atoms with Gasteiger partial charge >= 0.3 is 0 Å². The van der Waals surface area contributed by atoms with Gasteiger partial charge in [0.1, 0.15) is 11.6 Å². The lowest BCUT2D eigenvalue weighted by molar-refractivity contribution is 0.416. The fourth-order valence-electron chi connectivity index (χ4n) is 1.65. The van der Waals surface area contributed by atoms with E-state index in [1.165, 1.54) is 0 Å². The molecule has 1 aromatic heterocycles. The van der Waals surface area contributed by atoms with Gasteiger partial charge in [0.05, 0.1) is 25.5 Å². The van der Waals surface area contributed by atoms with E-state index in [2.05, 4.69) is 31.2 Å². The Morgan fingerprint density at radius 3 is 3.00 bits per heavy atom. The molecule has 5 heteroatoms. The first-order valence-electron chi connectivity index (χ1n) is 5.27. The SMILES string of the molecule is CNCc1ncc(-c2cc(Br)ccc2OC)[nH]1. The molecule has 0 bridgehead atoms. The van der Waals surface area contributed by atoms with Crippen LogP contribution in [0.15, 0.2) is 28.9 Å². The van der Waals surface area contributed by atoms with E-state index in [1.54, 1.807) is 7.11 Å². The average Bonchev–Trinajstić information content (AvgIpc) is 2.78. The van der Waals surface area contributed by atoms with Gasteiger partial charge in [0.25, 0.3) is 0 Å². The first-order valence-corrected chi connectivity index (χ1v) is 6.06. The number of nitrogens with zero attached hydrogens (tertiary/aromatic N) is 1. The molecule has 2 N–H and O–H groups in total. The Labute approximate surface area is 109 Å². The number of methoxy groups -OCH3 is 1. The van der Waals surface area contributed by atoms with Crippen LogP contribution < -0.4 is 10.1 Å². The molecule has 0 aliphatic rings. The van der Waals surface area contributed by atoms with Crippen molar-refractivity contribution in [3.8, 4) is 17.0 Å². The summed E-state index contributed by atoms with van der Waals surface area (Å²) in [6.07, 6.45) is 1.82. The van der Waals surface area contributed by atoms with E-state index >= 15 is 0 Å². The van der Waals surface area contributed by atoms with Gasteiger partial charge in [0, 0.05) is 10.0 Å². The van der Waals surface area contributed by atoms with Crippen LogP contribution in [0.5, 0.6) is 5.75 Å². The Morgan fingerprint density at radius 2 is 2.29 bits per heavy atom. The molecular formula is C12H14BrN3O. The summed E-state index contributed by atoms with van der Waals surface area (Å²) in [5, 5.41) is 3.05. The smallest absolute Gasteiger partial charge is 0.128 e. The van der Waals surface area contributed by atoms with E-state index in [0.29, 0.717) is 0 Å². The van der Waals surface area contributed by atoms with Crippen molar-refractivity contribution in [2.45, 2.75) is 6.54 Å². The van der Waals surface area contributed by atoms with E-state index in [4.69, 9.17) is 4.74 Å². The Hall–Kier alpha value is -1.33. The lowest BCUT2D eigenvalue weighted by atomic mass is 10.1. The van der Waals surface area contributed by atoms with Crippen LogP contribution in [-0.2, 0) is 6.54 Å². The van der Waals surface area contributed by atoms with E-state index in [-0.39, 0.29) is 0 Å². The molecule has 0 unspecified atom stereocenters. The highest BCUT2D eigenvalue weighted by Gasteiger charge is 2.09. The summed E-state index contributed by atoms with van der Waals surface area (Å²) < 4.78 is 6.35. The zero-order valence-corrected chi connectivity index (χ0v) is 11.3. The molecule has 1 aromatic carbocycles. The number of nitrogens with one attached hydrogen (secondary N) is 2. The molecule has 90 valence electrons. The van der Waals surface area contributed by atoms with Gasteiger partial charge in [-0.05, 0) is 25.2 Å². The molecule has 4 nitrogen and oxygen atoms in total. The van der Waals surface area contributed by atoms with Crippen LogP contribution in [0.1, 0.15) is 5.82 Å². The van der Waals surface area contributed by atoms with Crippen LogP contribution in [0.2, 0.25) is 0 Å². The topological polar surface area (TPSA) is 49.9 Å². The van der Waals surface area contributed by atoms with E-state index in [9.17, 15) is 0 Å². The summed E-state index contributed by atoms with van der Waals surface area (Å²) >= 11 is 3.46. The Bertz CT molecular complexity index is 510. The van der Waals surface area contributed by atoms with Gasteiger partial charge < -0.3 is 15.0 Å². The largest absolute Gasteiger partial charge is 0.496 e. The molecule has 0 saturated heterocycles. The maximum absolute atomic E-state index is 5.34. The van der Waals surface area contributed by atoms with Crippen molar-refractivity contribution in [1.29, 1.82) is 0 Å². The quantitative estimate of drug-likeness (QED) is 0.911. The number of halogens is 1. The summed E-state index contributed by atoms with van der Waals surface area (Å²) in [6, 6.07) is 5.89. The highest BCUT2D eigenvalue weighted by atomic mass is 79.9. The predicted octanol–water partition coefficient (Wildman–Crippen LogP) is 2.57. The zero-order chi connectivity index (χ0) is 12.3. The van der Waals surface area contributed by atoms with Gasteiger partial charge in [-0.1, -0.05) is 15.9 Å². The van der Waals surface area contributed by atoms with Crippen LogP contribution in [0.4, 0.5) is 0 Å². The molecule has 0 aliphatic heterocycles. The number of benzene rings is 1. The van der Waals surface area contributed by atoms with Crippen LogP contribution in [0, 0.1) is 0 Å². The summed E-state index contributed by atoms with van der Waals surface area (Å²) in [7, 11) is 3.56. The van der Waals surface area contributed by atoms with Crippen molar-refractivity contribution in [2.24, 2.45) is 0 Å². The van der Waals surface area contributed by atoms with Gasteiger partial charge in [-0.25, -0.2) is 4.98 Å². The molecule has 17 heavy (non-hydrogen) atoms. The number of H-pyrrole nitrogens is 1. The fourth-order valence-corrected chi connectivity index (χ4v) is 2.01. The van der Waals surface area contributed by atoms with Crippen molar-refractivity contribution in [3.05, 3.63) is 34.7 Å². The minimum Gasteiger partial charge on any atom is -0.496 e. The maximum Gasteiger partial charge on any atom is 0.128 e. The van der Waals surface area contributed by atoms with Crippen LogP contribution in [-0.4, -0.2) is 24.1 Å². The number of aromatic amines is 1. The van der Waals surface area contributed by atoms with Gasteiger partial charge in [0.15, 0.2) is 0 Å². The highest BCUT2D eigenvalue weighted by molar-refractivity contribution is 9.10. The molecular weight excluding hydrogens is 282 g/mol. The number of aromatic nitrogens is 2. The normalized spacial score (nSPS) is 10.5. The highest BCUT2D eigenvalue weighted by Crippen LogP contribution is 2.31. The zero-order valence-electron chi connectivity index (χ0n) is 9.75. The third-order valence-electron chi connectivity index (χ3n) is 2.42. The van der Waals surface area contributed by atoms with Gasteiger partial charge in [-0.2, -0.15) is 0 Å². The molecule has 2 rings (SSSR count). The molecule has 0 amide bonds. The standard InChI is InChI=1S/C12H14BrN3O/c1-14-7-12-15-6-10(16-12)9-5-8(13)3-4-11(9)17-2/h3-6,14H,7H2,1-2H3,(H,15,16). The monoisotopic (exact) mass is 295 g/mol. The molecule has 0 fully saturated rings. The molecule has 0 atom stereocenters. The third-order valence-corrected chi connectivity index (χ3v) is 2.92. The second-order valence-electron chi connectivity index (χ2n) is 3.62. The molecule has 0 aliphatic carbocycles. The minimum absolute atomic E-state index is 0.719.